The van der Waals surface area contributed by atoms with E-state index >= 15 is 0 Å². The van der Waals surface area contributed by atoms with E-state index in [2.05, 4.69) is 16.4 Å². The van der Waals surface area contributed by atoms with Gasteiger partial charge in [-0.3, -0.25) is 4.79 Å². The second-order valence-electron chi connectivity index (χ2n) is 5.69. The number of carbonyl (C=O) groups excluding carboxylic acids is 1. The van der Waals surface area contributed by atoms with Gasteiger partial charge in [0.25, 0.3) is 0 Å². The average molecular weight is 412 g/mol. The first-order valence-electron chi connectivity index (χ1n) is 8.42. The molecule has 0 spiro atoms. The van der Waals surface area contributed by atoms with Crippen molar-refractivity contribution >= 4 is 45.2 Å². The van der Waals surface area contributed by atoms with Gasteiger partial charge in [0.2, 0.25) is 5.91 Å². The number of phenols is 1. The number of aromatic hydroxyl groups is 1. The Balaban J connectivity index is 2.03. The van der Waals surface area contributed by atoms with Gasteiger partial charge in [-0.2, -0.15) is 5.26 Å². The molecule has 2 heterocycles. The number of hydrogen-bond donors (Lipinski definition) is 2. The third-order valence-corrected chi connectivity index (χ3v) is 5.50. The Kier molecular flexibility index (Phi) is 6.09. The number of hydrogen-bond acceptors (Lipinski definition) is 7. The van der Waals surface area contributed by atoms with Crippen LogP contribution in [-0.2, 0) is 4.79 Å². The number of nitrogens with zero attached hydrogens (tertiary/aromatic N) is 2. The van der Waals surface area contributed by atoms with Crippen molar-refractivity contribution < 1.29 is 14.6 Å². The number of benzene rings is 1. The predicted octanol–water partition coefficient (Wildman–Crippen LogP) is 5.00. The molecule has 142 valence electrons. The molecule has 0 atom stereocenters. The van der Waals surface area contributed by atoms with Crippen LogP contribution in [0.1, 0.15) is 24.4 Å². The zero-order valence-electron chi connectivity index (χ0n) is 15.2. The van der Waals surface area contributed by atoms with E-state index in [0.717, 1.165) is 4.88 Å². The Bertz CT molecular complexity index is 1060. The van der Waals surface area contributed by atoms with Gasteiger partial charge in [0.15, 0.2) is 11.5 Å². The SMILES string of the molecule is CCOc1cc(/C=C(\C#N)c2nc(-c3cccs3)c(NC(C)=O)s2)ccc1O. The molecule has 3 aromatic rings. The Labute approximate surface area is 170 Å². The third-order valence-electron chi connectivity index (χ3n) is 3.62. The van der Waals surface area contributed by atoms with Gasteiger partial charge in [-0.05, 0) is 42.1 Å². The Morgan fingerprint density at radius 2 is 2.25 bits per heavy atom. The minimum Gasteiger partial charge on any atom is -0.504 e. The number of rotatable bonds is 6. The lowest BCUT2D eigenvalue weighted by atomic mass is 10.1. The van der Waals surface area contributed by atoms with Gasteiger partial charge < -0.3 is 15.2 Å². The minimum absolute atomic E-state index is 0.0414. The zero-order valence-corrected chi connectivity index (χ0v) is 16.9. The summed E-state index contributed by atoms with van der Waals surface area (Å²) in [7, 11) is 0. The van der Waals surface area contributed by atoms with Crippen molar-refractivity contribution in [1.82, 2.24) is 4.98 Å². The van der Waals surface area contributed by atoms with Crippen LogP contribution in [0.25, 0.3) is 22.2 Å². The highest BCUT2D eigenvalue weighted by atomic mass is 32.1. The maximum absolute atomic E-state index is 11.6. The highest BCUT2D eigenvalue weighted by molar-refractivity contribution is 7.18. The van der Waals surface area contributed by atoms with Crippen LogP contribution in [0.5, 0.6) is 11.5 Å². The van der Waals surface area contributed by atoms with Crippen molar-refractivity contribution in [1.29, 1.82) is 5.26 Å². The van der Waals surface area contributed by atoms with Gasteiger partial charge in [0.1, 0.15) is 21.8 Å². The largest absolute Gasteiger partial charge is 0.504 e. The number of phenolic OH excluding ortho intramolecular Hbond substituents is 1. The first-order chi connectivity index (χ1) is 13.5. The molecular weight excluding hydrogens is 394 g/mol. The third kappa shape index (κ3) is 4.39. The number of anilines is 1. The maximum Gasteiger partial charge on any atom is 0.221 e. The molecule has 0 aliphatic rings. The van der Waals surface area contributed by atoms with Crippen molar-refractivity contribution in [3.05, 3.63) is 46.3 Å². The molecule has 0 bridgehead atoms. The van der Waals surface area contributed by atoms with Gasteiger partial charge in [-0.1, -0.05) is 23.5 Å². The highest BCUT2D eigenvalue weighted by Gasteiger charge is 2.17. The molecule has 0 radical (unpaired) electrons. The van der Waals surface area contributed by atoms with Crippen LogP contribution < -0.4 is 10.1 Å². The second kappa shape index (κ2) is 8.69. The second-order valence-corrected chi connectivity index (χ2v) is 7.63. The summed E-state index contributed by atoms with van der Waals surface area (Å²) in [6, 6.07) is 10.9. The summed E-state index contributed by atoms with van der Waals surface area (Å²) in [5.41, 5.74) is 1.70. The van der Waals surface area contributed by atoms with Gasteiger partial charge >= 0.3 is 0 Å². The molecule has 2 N–H and O–H groups in total. The molecule has 1 aromatic carbocycles. The van der Waals surface area contributed by atoms with Gasteiger partial charge in [-0.25, -0.2) is 4.98 Å². The fraction of sp³-hybridized carbons (Fsp3) is 0.150. The summed E-state index contributed by atoms with van der Waals surface area (Å²) < 4.78 is 5.39. The first kappa shape index (κ1) is 19.6. The van der Waals surface area contributed by atoms with Crippen LogP contribution in [0.4, 0.5) is 5.00 Å². The number of thiazole rings is 1. The van der Waals surface area contributed by atoms with E-state index in [9.17, 15) is 15.2 Å². The maximum atomic E-state index is 11.6. The van der Waals surface area contributed by atoms with E-state index < -0.39 is 0 Å². The number of thiophene rings is 1. The molecule has 0 fully saturated rings. The smallest absolute Gasteiger partial charge is 0.221 e. The van der Waals surface area contributed by atoms with Gasteiger partial charge in [-0.15, -0.1) is 11.3 Å². The van der Waals surface area contributed by atoms with Crippen LogP contribution in [-0.4, -0.2) is 22.6 Å². The molecular formula is C20H17N3O3S2. The topological polar surface area (TPSA) is 95.2 Å². The van der Waals surface area contributed by atoms with E-state index in [1.54, 1.807) is 18.2 Å². The summed E-state index contributed by atoms with van der Waals surface area (Å²) in [6.45, 7) is 3.68. The van der Waals surface area contributed by atoms with Crippen LogP contribution in [0, 0.1) is 11.3 Å². The standard InChI is InChI=1S/C20H17N3O3S2/c1-3-26-16-10-13(6-7-15(16)25)9-14(11-21)19-23-18(17-5-4-8-27-17)20(28-19)22-12(2)24/h4-10,25H,3H2,1-2H3,(H,22,24)/b14-9+. The van der Waals surface area contributed by atoms with Gasteiger partial charge in [0, 0.05) is 6.92 Å². The fourth-order valence-electron chi connectivity index (χ4n) is 2.46. The molecule has 1 amide bonds. The molecule has 2 aromatic heterocycles. The van der Waals surface area contributed by atoms with Gasteiger partial charge in [0.05, 0.1) is 17.1 Å². The number of amides is 1. The van der Waals surface area contributed by atoms with Crippen LogP contribution in [0.2, 0.25) is 0 Å². The van der Waals surface area contributed by atoms with E-state index in [1.165, 1.54) is 35.7 Å². The Hall–Kier alpha value is -3.15. The van der Waals surface area contributed by atoms with E-state index in [0.29, 0.717) is 39.2 Å². The molecule has 28 heavy (non-hydrogen) atoms. The lowest BCUT2D eigenvalue weighted by Gasteiger charge is -2.06. The van der Waals surface area contributed by atoms with Crippen LogP contribution in [0.3, 0.4) is 0 Å². The molecule has 3 rings (SSSR count). The predicted molar refractivity (Wildman–Crippen MR) is 112 cm³/mol. The van der Waals surface area contributed by atoms with Crippen molar-refractivity contribution in [3.63, 3.8) is 0 Å². The molecule has 0 aliphatic carbocycles. The van der Waals surface area contributed by atoms with Crippen molar-refractivity contribution in [2.75, 3.05) is 11.9 Å². The lowest BCUT2D eigenvalue weighted by molar-refractivity contribution is -0.114. The molecule has 8 heteroatoms. The van der Waals surface area contributed by atoms with Crippen LogP contribution in [0.15, 0.2) is 35.7 Å². The van der Waals surface area contributed by atoms with Crippen molar-refractivity contribution in [2.24, 2.45) is 0 Å². The normalized spacial score (nSPS) is 11.1. The zero-order chi connectivity index (χ0) is 20.1. The molecule has 6 nitrogen and oxygen atoms in total. The fourth-order valence-corrected chi connectivity index (χ4v) is 4.24. The Morgan fingerprint density at radius 3 is 2.89 bits per heavy atom. The summed E-state index contributed by atoms with van der Waals surface area (Å²) in [4.78, 5) is 17.1. The number of aromatic nitrogens is 1. The highest BCUT2D eigenvalue weighted by Crippen LogP contribution is 2.38. The summed E-state index contributed by atoms with van der Waals surface area (Å²) in [5.74, 6) is 0.195. The average Bonchev–Trinajstić information content (AvgIpc) is 3.31. The first-order valence-corrected chi connectivity index (χ1v) is 10.1. The molecule has 0 aliphatic heterocycles. The summed E-state index contributed by atoms with van der Waals surface area (Å²) in [5, 5.41) is 25.3. The number of allylic oxidation sites excluding steroid dienone is 1. The number of nitriles is 1. The number of carbonyl (C=O) groups is 1. The quantitative estimate of drug-likeness (QED) is 0.557. The monoisotopic (exact) mass is 411 g/mol. The lowest BCUT2D eigenvalue weighted by Crippen LogP contribution is -2.04. The molecule has 0 saturated heterocycles. The molecule has 0 saturated carbocycles. The van der Waals surface area contributed by atoms with Crippen molar-refractivity contribution in [2.45, 2.75) is 13.8 Å². The summed E-state index contributed by atoms with van der Waals surface area (Å²) in [6.07, 6.45) is 1.68. The summed E-state index contributed by atoms with van der Waals surface area (Å²) >= 11 is 2.76. The van der Waals surface area contributed by atoms with Crippen LogP contribution >= 0.6 is 22.7 Å². The Morgan fingerprint density at radius 1 is 1.43 bits per heavy atom. The van der Waals surface area contributed by atoms with E-state index in [-0.39, 0.29) is 11.7 Å². The van der Waals surface area contributed by atoms with E-state index in [4.69, 9.17) is 4.74 Å². The molecule has 0 unspecified atom stereocenters. The number of ether oxygens (including phenoxy) is 1. The number of nitrogens with one attached hydrogen (secondary N) is 1. The minimum atomic E-state index is -0.199. The van der Waals surface area contributed by atoms with Crippen molar-refractivity contribution in [3.8, 4) is 28.1 Å². The van der Waals surface area contributed by atoms with E-state index in [1.807, 2.05) is 24.4 Å².